The van der Waals surface area contributed by atoms with Crippen LogP contribution in [0.2, 0.25) is 5.02 Å². The molecule has 3 rings (SSSR count). The molecule has 2 aromatic rings. The lowest BCUT2D eigenvalue weighted by Crippen LogP contribution is -2.25. The van der Waals surface area contributed by atoms with E-state index in [1.807, 2.05) is 5.38 Å². The number of aryl methyl sites for hydroxylation is 1. The minimum Gasteiger partial charge on any atom is -0.356 e. The Bertz CT molecular complexity index is 881. The van der Waals surface area contributed by atoms with E-state index < -0.39 is 0 Å². The summed E-state index contributed by atoms with van der Waals surface area (Å²) in [4.78, 5) is 28.4. The van der Waals surface area contributed by atoms with E-state index in [1.165, 1.54) is 36.2 Å². The minimum atomic E-state index is -0.386. The second kappa shape index (κ2) is 11.0. The number of anilines is 2. The van der Waals surface area contributed by atoms with Gasteiger partial charge in [-0.05, 0) is 56.7 Å². The Balaban J connectivity index is 1.36. The largest absolute Gasteiger partial charge is 0.356 e. The third-order valence-corrected chi connectivity index (χ3v) is 5.66. The van der Waals surface area contributed by atoms with Crippen molar-refractivity contribution in [2.45, 2.75) is 44.9 Å². The predicted octanol–water partition coefficient (Wildman–Crippen LogP) is 5.38. The van der Waals surface area contributed by atoms with Gasteiger partial charge < -0.3 is 10.6 Å². The minimum absolute atomic E-state index is 0.0302. The first-order valence-electron chi connectivity index (χ1n) is 9.81. The molecule has 0 atom stereocenters. The van der Waals surface area contributed by atoms with Crippen molar-refractivity contribution in [3.8, 4) is 0 Å². The number of allylic oxidation sites excluding steroid dienone is 1. The molecule has 6 nitrogen and oxygen atoms in total. The number of nitrogens with one attached hydrogen (secondary N) is 3. The fraction of sp³-hybridized carbons (Fsp3) is 0.381. The van der Waals surface area contributed by atoms with E-state index >= 15 is 0 Å². The molecule has 0 radical (unpaired) electrons. The fourth-order valence-corrected chi connectivity index (χ4v) is 4.06. The summed E-state index contributed by atoms with van der Waals surface area (Å²) >= 11 is 7.24. The number of benzene rings is 1. The Morgan fingerprint density at radius 1 is 1.17 bits per heavy atom. The number of carbonyl (C=O) groups is 2. The van der Waals surface area contributed by atoms with Crippen LogP contribution in [0.3, 0.4) is 0 Å². The summed E-state index contributed by atoms with van der Waals surface area (Å²) in [5.41, 5.74) is 2.86. The average Bonchev–Trinajstić information content (AvgIpc) is 3.14. The Kier molecular flexibility index (Phi) is 8.07. The molecule has 0 saturated heterocycles. The van der Waals surface area contributed by atoms with Crippen molar-refractivity contribution in [2.75, 3.05) is 17.2 Å². The van der Waals surface area contributed by atoms with Crippen molar-refractivity contribution in [1.29, 1.82) is 0 Å². The molecule has 1 heterocycles. The number of nitrogens with zero attached hydrogens (tertiary/aromatic N) is 1. The second-order valence-corrected chi connectivity index (χ2v) is 8.24. The summed E-state index contributed by atoms with van der Waals surface area (Å²) in [6.45, 7) is 0.693. The zero-order valence-corrected chi connectivity index (χ0v) is 17.7. The Labute approximate surface area is 179 Å². The summed E-state index contributed by atoms with van der Waals surface area (Å²) in [6.07, 6.45) is 9.05. The topological polar surface area (TPSA) is 83.1 Å². The fourth-order valence-electron chi connectivity index (χ4n) is 3.13. The Hall–Kier alpha value is -2.38. The molecule has 29 heavy (non-hydrogen) atoms. The standard InChI is InChI=1S/C21H25ClN4O2S/c22-16-7-4-8-17(13-16)24-20(28)26-21-25-18(14-29-21)9-10-19(27)23-12-11-15-5-2-1-3-6-15/h4-5,7-8,13-14H,1-3,6,9-12H2,(H,23,27)(H2,24,25,26,28). The van der Waals surface area contributed by atoms with Crippen LogP contribution in [0.1, 0.15) is 44.2 Å². The van der Waals surface area contributed by atoms with Crippen molar-refractivity contribution < 1.29 is 9.59 Å². The van der Waals surface area contributed by atoms with Gasteiger partial charge in [0.05, 0.1) is 5.69 Å². The number of aromatic nitrogens is 1. The van der Waals surface area contributed by atoms with Crippen molar-refractivity contribution in [2.24, 2.45) is 0 Å². The van der Waals surface area contributed by atoms with Crippen LogP contribution in [0.25, 0.3) is 0 Å². The van der Waals surface area contributed by atoms with Crippen molar-refractivity contribution in [1.82, 2.24) is 10.3 Å². The van der Waals surface area contributed by atoms with E-state index in [4.69, 9.17) is 11.6 Å². The van der Waals surface area contributed by atoms with Crippen LogP contribution in [0.5, 0.6) is 0 Å². The van der Waals surface area contributed by atoms with Gasteiger partial charge in [0, 0.05) is 29.1 Å². The van der Waals surface area contributed by atoms with Gasteiger partial charge in [-0.3, -0.25) is 10.1 Å². The highest BCUT2D eigenvalue weighted by atomic mass is 35.5. The van der Waals surface area contributed by atoms with Crippen LogP contribution in [0.15, 0.2) is 41.3 Å². The molecule has 8 heteroatoms. The SMILES string of the molecule is O=C(CCc1csc(NC(=O)Nc2cccc(Cl)c2)n1)NCCC1=CCCCC1. The highest BCUT2D eigenvalue weighted by Gasteiger charge is 2.09. The van der Waals surface area contributed by atoms with E-state index in [1.54, 1.807) is 24.3 Å². The van der Waals surface area contributed by atoms with Gasteiger partial charge in [0.25, 0.3) is 0 Å². The summed E-state index contributed by atoms with van der Waals surface area (Å²) < 4.78 is 0. The molecule has 3 amide bonds. The number of urea groups is 1. The molecule has 3 N–H and O–H groups in total. The number of carbonyl (C=O) groups excluding carboxylic acids is 2. The molecule has 0 fully saturated rings. The molecule has 0 unspecified atom stereocenters. The lowest BCUT2D eigenvalue weighted by atomic mass is 9.97. The predicted molar refractivity (Wildman–Crippen MR) is 119 cm³/mol. The van der Waals surface area contributed by atoms with Gasteiger partial charge in [-0.15, -0.1) is 11.3 Å². The summed E-state index contributed by atoms with van der Waals surface area (Å²) in [7, 11) is 0. The van der Waals surface area contributed by atoms with E-state index in [0.29, 0.717) is 35.2 Å². The molecular formula is C21H25ClN4O2S. The van der Waals surface area contributed by atoms with Gasteiger partial charge in [-0.1, -0.05) is 29.3 Å². The highest BCUT2D eigenvalue weighted by Crippen LogP contribution is 2.20. The third kappa shape index (κ3) is 7.51. The summed E-state index contributed by atoms with van der Waals surface area (Å²) in [5.74, 6) is 0.0302. The zero-order chi connectivity index (χ0) is 20.5. The number of amides is 3. The molecule has 1 aromatic carbocycles. The molecule has 1 aliphatic carbocycles. The molecule has 1 aliphatic rings. The van der Waals surface area contributed by atoms with Gasteiger partial charge >= 0.3 is 6.03 Å². The average molecular weight is 433 g/mol. The number of halogens is 1. The van der Waals surface area contributed by atoms with Gasteiger partial charge in [-0.2, -0.15) is 0 Å². The van der Waals surface area contributed by atoms with Crippen LogP contribution >= 0.6 is 22.9 Å². The highest BCUT2D eigenvalue weighted by molar-refractivity contribution is 7.13. The number of hydrogen-bond donors (Lipinski definition) is 3. The maximum atomic E-state index is 12.0. The summed E-state index contributed by atoms with van der Waals surface area (Å²) in [6, 6.07) is 6.53. The lowest BCUT2D eigenvalue weighted by molar-refractivity contribution is -0.121. The van der Waals surface area contributed by atoms with Crippen molar-refractivity contribution in [3.05, 3.63) is 52.0 Å². The number of hydrogen-bond acceptors (Lipinski definition) is 4. The van der Waals surface area contributed by atoms with E-state index in [0.717, 1.165) is 18.5 Å². The van der Waals surface area contributed by atoms with Crippen molar-refractivity contribution in [3.63, 3.8) is 0 Å². The van der Waals surface area contributed by atoms with E-state index in [2.05, 4.69) is 27.0 Å². The van der Waals surface area contributed by atoms with E-state index in [-0.39, 0.29) is 11.9 Å². The molecular weight excluding hydrogens is 408 g/mol. The molecule has 1 aromatic heterocycles. The third-order valence-electron chi connectivity index (χ3n) is 4.62. The first-order chi connectivity index (χ1) is 14.1. The first-order valence-corrected chi connectivity index (χ1v) is 11.1. The van der Waals surface area contributed by atoms with Crippen LogP contribution < -0.4 is 16.0 Å². The zero-order valence-electron chi connectivity index (χ0n) is 16.2. The number of thiazole rings is 1. The normalized spacial score (nSPS) is 13.5. The molecule has 0 bridgehead atoms. The molecule has 0 spiro atoms. The molecule has 154 valence electrons. The van der Waals surface area contributed by atoms with Gasteiger partial charge in [-0.25, -0.2) is 9.78 Å². The molecule has 0 saturated carbocycles. The second-order valence-electron chi connectivity index (χ2n) is 6.94. The number of rotatable bonds is 8. The van der Waals surface area contributed by atoms with Crippen LogP contribution in [0, 0.1) is 0 Å². The van der Waals surface area contributed by atoms with Crippen LogP contribution in [0.4, 0.5) is 15.6 Å². The van der Waals surface area contributed by atoms with E-state index in [9.17, 15) is 9.59 Å². The lowest BCUT2D eigenvalue weighted by Gasteiger charge is -2.12. The van der Waals surface area contributed by atoms with Crippen LogP contribution in [-0.4, -0.2) is 23.5 Å². The van der Waals surface area contributed by atoms with Gasteiger partial charge in [0.1, 0.15) is 0 Å². The summed E-state index contributed by atoms with van der Waals surface area (Å²) in [5, 5.41) is 11.3. The maximum absolute atomic E-state index is 12.0. The van der Waals surface area contributed by atoms with Crippen molar-refractivity contribution >= 4 is 45.7 Å². The molecule has 0 aliphatic heterocycles. The monoisotopic (exact) mass is 432 g/mol. The smallest absolute Gasteiger partial charge is 0.325 e. The van der Waals surface area contributed by atoms with Crippen LogP contribution in [-0.2, 0) is 11.2 Å². The quantitative estimate of drug-likeness (QED) is 0.489. The Morgan fingerprint density at radius 3 is 2.86 bits per heavy atom. The van der Waals surface area contributed by atoms with Gasteiger partial charge in [0.15, 0.2) is 5.13 Å². The maximum Gasteiger partial charge on any atom is 0.325 e. The first kappa shape index (κ1) is 21.3. The van der Waals surface area contributed by atoms with Gasteiger partial charge in [0.2, 0.25) is 5.91 Å². The Morgan fingerprint density at radius 2 is 2.07 bits per heavy atom.